The van der Waals surface area contributed by atoms with Crippen LogP contribution >= 0.6 is 0 Å². The van der Waals surface area contributed by atoms with E-state index in [0.29, 0.717) is 50.4 Å². The number of piperazine rings is 1. The molecule has 2 aromatic heterocycles. The number of nitriles is 1. The molecule has 10 nitrogen and oxygen atoms in total. The number of alkyl halides is 3. The predicted octanol–water partition coefficient (Wildman–Crippen LogP) is 3.18. The van der Waals surface area contributed by atoms with E-state index in [-0.39, 0.29) is 43.2 Å². The zero-order valence-electron chi connectivity index (χ0n) is 23.3. The Morgan fingerprint density at radius 1 is 1.19 bits per heavy atom. The highest BCUT2D eigenvalue weighted by atomic mass is 19.4. The van der Waals surface area contributed by atoms with Crippen LogP contribution in [-0.2, 0) is 23.9 Å². The van der Waals surface area contributed by atoms with Gasteiger partial charge in [0.15, 0.2) is 5.82 Å². The average molecular weight is 589 g/mol. The summed E-state index contributed by atoms with van der Waals surface area (Å²) < 4.78 is 61.8. The summed E-state index contributed by atoms with van der Waals surface area (Å²) in [5, 5.41) is 9.42. The van der Waals surface area contributed by atoms with Gasteiger partial charge in [-0.1, -0.05) is 6.58 Å². The normalized spacial score (nSPS) is 21.2. The number of fused-ring (bicyclic) bond motifs is 1. The molecule has 0 saturated carbocycles. The van der Waals surface area contributed by atoms with Crippen molar-refractivity contribution in [2.24, 2.45) is 0 Å². The van der Waals surface area contributed by atoms with Crippen molar-refractivity contribution in [1.29, 1.82) is 5.26 Å². The van der Waals surface area contributed by atoms with Crippen molar-refractivity contribution in [1.82, 2.24) is 24.8 Å². The van der Waals surface area contributed by atoms with Crippen molar-refractivity contribution in [3.05, 3.63) is 47.7 Å². The summed E-state index contributed by atoms with van der Waals surface area (Å²) in [5.74, 6) is -1.13. The molecule has 2 atom stereocenters. The van der Waals surface area contributed by atoms with E-state index in [1.807, 2.05) is 11.9 Å². The molecule has 42 heavy (non-hydrogen) atoms. The lowest BCUT2D eigenvalue weighted by molar-refractivity contribution is -0.139. The molecule has 14 heteroatoms. The molecule has 2 fully saturated rings. The summed E-state index contributed by atoms with van der Waals surface area (Å²) in [7, 11) is 2.02. The Morgan fingerprint density at radius 3 is 2.69 bits per heavy atom. The zero-order valence-corrected chi connectivity index (χ0v) is 23.3. The molecule has 0 aromatic carbocycles. The molecular weight excluding hydrogens is 556 g/mol. The molecule has 3 aliphatic heterocycles. The SMILES string of the molecule is C=CC(=O)N1CCN(c2nc(OC[C@@H]3CCCN3C)nc3c2CCN(c2cncc(F)c2C(F)(F)F)C3)C[C@@H]1CC#N. The molecule has 2 saturated heterocycles. The minimum atomic E-state index is -4.90. The highest BCUT2D eigenvalue weighted by Crippen LogP contribution is 2.40. The Kier molecular flexibility index (Phi) is 8.49. The largest absolute Gasteiger partial charge is 0.462 e. The first-order valence-corrected chi connectivity index (χ1v) is 13.8. The van der Waals surface area contributed by atoms with Gasteiger partial charge in [0.2, 0.25) is 5.91 Å². The monoisotopic (exact) mass is 588 g/mol. The van der Waals surface area contributed by atoms with Gasteiger partial charge >= 0.3 is 12.2 Å². The maximum absolute atomic E-state index is 14.3. The lowest BCUT2D eigenvalue weighted by Gasteiger charge is -2.42. The van der Waals surface area contributed by atoms with E-state index in [0.717, 1.165) is 31.1 Å². The number of rotatable bonds is 7. The topological polar surface area (TPSA) is 102 Å². The molecular formula is C28H32F4N8O2. The van der Waals surface area contributed by atoms with Gasteiger partial charge in [-0.15, -0.1) is 0 Å². The van der Waals surface area contributed by atoms with Crippen LogP contribution in [0.15, 0.2) is 25.0 Å². The molecule has 5 heterocycles. The van der Waals surface area contributed by atoms with Gasteiger partial charge < -0.3 is 24.3 Å². The van der Waals surface area contributed by atoms with E-state index in [4.69, 9.17) is 9.72 Å². The number of halogens is 4. The maximum Gasteiger partial charge on any atom is 0.421 e. The lowest BCUT2D eigenvalue weighted by Crippen LogP contribution is -2.55. The van der Waals surface area contributed by atoms with Gasteiger partial charge in [-0.2, -0.15) is 28.4 Å². The van der Waals surface area contributed by atoms with E-state index < -0.39 is 23.6 Å². The van der Waals surface area contributed by atoms with Crippen LogP contribution in [-0.4, -0.2) is 89.1 Å². The molecule has 224 valence electrons. The van der Waals surface area contributed by atoms with Gasteiger partial charge in [0.1, 0.15) is 18.0 Å². The number of aromatic nitrogens is 3. The van der Waals surface area contributed by atoms with E-state index in [1.165, 1.54) is 11.0 Å². The fourth-order valence-corrected chi connectivity index (χ4v) is 5.96. The molecule has 0 N–H and O–H groups in total. The van der Waals surface area contributed by atoms with Crippen LogP contribution in [0.4, 0.5) is 29.1 Å². The third kappa shape index (κ3) is 5.97. The Bertz CT molecular complexity index is 1380. The molecule has 0 aliphatic carbocycles. The minimum Gasteiger partial charge on any atom is -0.462 e. The number of ether oxygens (including phenoxy) is 1. The molecule has 3 aliphatic rings. The number of anilines is 2. The number of hydrogen-bond donors (Lipinski definition) is 0. The molecule has 1 amide bonds. The number of likely N-dealkylation sites (N-methyl/N-ethyl adjacent to an activating group) is 1. The second-order valence-electron chi connectivity index (χ2n) is 10.7. The maximum atomic E-state index is 14.3. The fourth-order valence-electron chi connectivity index (χ4n) is 5.96. The van der Waals surface area contributed by atoms with Crippen molar-refractivity contribution < 1.29 is 27.1 Å². The molecule has 0 bridgehead atoms. The number of amides is 1. The van der Waals surface area contributed by atoms with Gasteiger partial charge in [-0.3, -0.25) is 9.78 Å². The van der Waals surface area contributed by atoms with Gasteiger partial charge in [0.25, 0.3) is 0 Å². The standard InChI is InChI=1S/C28H32F4N8O2/c1-3-24(41)40-12-11-39(15-18(40)6-8-33)26-20-7-10-38(23-14-34-13-21(29)25(23)28(30,31)32)16-22(20)35-27(36-26)42-17-19-5-4-9-37(19)2/h3,13-14,18-19H,1,4-7,9-12,15-17H2,2H3/t18-,19-/m0/s1. The Hall–Kier alpha value is -3.99. The summed E-state index contributed by atoms with van der Waals surface area (Å²) in [5.41, 5.74) is -0.499. The molecule has 0 unspecified atom stereocenters. The van der Waals surface area contributed by atoms with Crippen LogP contribution in [0.3, 0.4) is 0 Å². The van der Waals surface area contributed by atoms with Crippen molar-refractivity contribution in [2.75, 3.05) is 56.2 Å². The van der Waals surface area contributed by atoms with E-state index in [2.05, 4.69) is 27.5 Å². The van der Waals surface area contributed by atoms with Crippen LogP contribution in [0.5, 0.6) is 6.01 Å². The number of pyridine rings is 1. The van der Waals surface area contributed by atoms with Gasteiger partial charge in [-0.05, 0) is 38.9 Å². The summed E-state index contributed by atoms with van der Waals surface area (Å²) in [6.45, 7) is 6.08. The van der Waals surface area contributed by atoms with Crippen molar-refractivity contribution in [3.63, 3.8) is 0 Å². The fraction of sp³-hybridized carbons (Fsp3) is 0.536. The molecule has 0 radical (unpaired) electrons. The third-order valence-electron chi connectivity index (χ3n) is 8.17. The van der Waals surface area contributed by atoms with E-state index in [1.54, 1.807) is 4.90 Å². The summed E-state index contributed by atoms with van der Waals surface area (Å²) in [4.78, 5) is 32.7. The predicted molar refractivity (Wildman–Crippen MR) is 145 cm³/mol. The van der Waals surface area contributed by atoms with Crippen molar-refractivity contribution >= 4 is 17.4 Å². The van der Waals surface area contributed by atoms with Gasteiger partial charge in [0, 0.05) is 37.8 Å². The second-order valence-corrected chi connectivity index (χ2v) is 10.7. The Labute approximate surface area is 241 Å². The van der Waals surface area contributed by atoms with Gasteiger partial charge in [0.05, 0.1) is 48.9 Å². The number of carbonyl (C=O) groups is 1. The van der Waals surface area contributed by atoms with Crippen LogP contribution < -0.4 is 14.5 Å². The van der Waals surface area contributed by atoms with E-state index >= 15 is 0 Å². The van der Waals surface area contributed by atoms with Crippen LogP contribution in [0, 0.1) is 17.1 Å². The minimum absolute atomic E-state index is 0.0324. The number of hydrogen-bond acceptors (Lipinski definition) is 9. The first-order chi connectivity index (χ1) is 20.1. The third-order valence-corrected chi connectivity index (χ3v) is 8.17. The Balaban J connectivity index is 1.49. The molecule has 0 spiro atoms. The van der Waals surface area contributed by atoms with Crippen molar-refractivity contribution in [3.8, 4) is 12.1 Å². The quantitative estimate of drug-likeness (QED) is 0.357. The van der Waals surface area contributed by atoms with Crippen LogP contribution in [0.2, 0.25) is 0 Å². The summed E-state index contributed by atoms with van der Waals surface area (Å²) in [6.07, 6.45) is 0.319. The average Bonchev–Trinajstić information content (AvgIpc) is 3.38. The number of nitrogens with zero attached hydrogens (tertiary/aromatic N) is 8. The van der Waals surface area contributed by atoms with Crippen LogP contribution in [0.25, 0.3) is 0 Å². The first-order valence-electron chi connectivity index (χ1n) is 13.8. The molecule has 2 aromatic rings. The highest BCUT2D eigenvalue weighted by Gasteiger charge is 2.40. The van der Waals surface area contributed by atoms with Crippen molar-refractivity contribution in [2.45, 2.75) is 50.5 Å². The highest BCUT2D eigenvalue weighted by molar-refractivity contribution is 5.87. The Morgan fingerprint density at radius 2 is 2.00 bits per heavy atom. The zero-order chi connectivity index (χ0) is 30.0. The smallest absolute Gasteiger partial charge is 0.421 e. The lowest BCUT2D eigenvalue weighted by atomic mass is 10.0. The summed E-state index contributed by atoms with van der Waals surface area (Å²) >= 11 is 0. The second kappa shape index (κ2) is 12.1. The molecule has 5 rings (SSSR count). The number of carbonyl (C=O) groups excluding carboxylic acids is 1. The number of likely N-dealkylation sites (tertiary alicyclic amines) is 1. The van der Waals surface area contributed by atoms with Crippen LogP contribution in [0.1, 0.15) is 36.1 Å². The van der Waals surface area contributed by atoms with Gasteiger partial charge in [-0.25, -0.2) is 4.39 Å². The summed E-state index contributed by atoms with van der Waals surface area (Å²) in [6, 6.07) is 2.03. The van der Waals surface area contributed by atoms with E-state index in [9.17, 15) is 27.6 Å². The first kappa shape index (κ1) is 29.5.